The average Bonchev–Trinajstić information content (AvgIpc) is 3.54. The predicted molar refractivity (Wildman–Crippen MR) is 112 cm³/mol. The molecule has 9 nitrogen and oxygen atoms in total. The lowest BCUT2D eigenvalue weighted by atomic mass is 9.99. The van der Waals surface area contributed by atoms with Crippen molar-refractivity contribution in [3.05, 3.63) is 44.9 Å². The molecule has 164 valence electrons. The minimum Gasteiger partial charge on any atom is -0.338 e. The first-order valence-corrected chi connectivity index (χ1v) is 11.1. The zero-order valence-corrected chi connectivity index (χ0v) is 18.1. The summed E-state index contributed by atoms with van der Waals surface area (Å²) in [5.41, 5.74) is 2.67. The van der Waals surface area contributed by atoms with E-state index in [2.05, 4.69) is 10.1 Å². The first-order valence-electron chi connectivity index (χ1n) is 11.1. The number of nitrogens with one attached hydrogen (secondary N) is 1. The summed E-state index contributed by atoms with van der Waals surface area (Å²) in [5, 5.41) is 4.54. The number of hydrogen-bond donors (Lipinski definition) is 1. The number of nitrogens with zero attached hydrogens (tertiary/aromatic N) is 5. The third-order valence-corrected chi connectivity index (χ3v) is 6.73. The summed E-state index contributed by atoms with van der Waals surface area (Å²) in [6.45, 7) is 3.00. The third-order valence-electron chi connectivity index (χ3n) is 6.73. The highest BCUT2D eigenvalue weighted by Gasteiger charge is 2.35. The van der Waals surface area contributed by atoms with Gasteiger partial charge in [-0.05, 0) is 38.2 Å². The fourth-order valence-corrected chi connectivity index (χ4v) is 4.75. The molecule has 3 aliphatic rings. The second-order valence-electron chi connectivity index (χ2n) is 8.93. The summed E-state index contributed by atoms with van der Waals surface area (Å²) in [6.07, 6.45) is 5.50. The molecule has 1 aliphatic carbocycles. The fourth-order valence-electron chi connectivity index (χ4n) is 4.75. The Morgan fingerprint density at radius 1 is 1.16 bits per heavy atom. The molecule has 0 spiro atoms. The second-order valence-corrected chi connectivity index (χ2v) is 8.93. The van der Waals surface area contributed by atoms with E-state index < -0.39 is 0 Å². The number of carbonyl (C=O) groups is 2. The molecule has 2 amide bonds. The van der Waals surface area contributed by atoms with Gasteiger partial charge < -0.3 is 14.8 Å². The quantitative estimate of drug-likeness (QED) is 0.807. The SMILES string of the molecule is CC(=O)N1CCc2nc([C@@H]3CCCCN3C(=O)c3cc(C4CC4)nn3C)[nH]c(=O)c2C1. The number of aromatic amines is 1. The highest BCUT2D eigenvalue weighted by Crippen LogP contribution is 2.39. The van der Waals surface area contributed by atoms with Gasteiger partial charge in [0, 0.05) is 39.4 Å². The van der Waals surface area contributed by atoms with Crippen molar-refractivity contribution in [2.45, 2.75) is 64.0 Å². The molecule has 2 aromatic rings. The van der Waals surface area contributed by atoms with Crippen molar-refractivity contribution in [1.29, 1.82) is 0 Å². The van der Waals surface area contributed by atoms with Crippen molar-refractivity contribution in [1.82, 2.24) is 29.5 Å². The van der Waals surface area contributed by atoms with Crippen LogP contribution in [-0.4, -0.2) is 54.5 Å². The molecular formula is C22H28N6O3. The topological polar surface area (TPSA) is 104 Å². The van der Waals surface area contributed by atoms with Gasteiger partial charge in [-0.15, -0.1) is 0 Å². The molecule has 1 N–H and O–H groups in total. The Morgan fingerprint density at radius 3 is 2.71 bits per heavy atom. The van der Waals surface area contributed by atoms with Crippen LogP contribution in [0.1, 0.15) is 84.3 Å². The number of rotatable bonds is 3. The molecule has 1 saturated carbocycles. The molecule has 4 heterocycles. The van der Waals surface area contributed by atoms with Crippen LogP contribution in [0.3, 0.4) is 0 Å². The normalized spacial score (nSPS) is 21.2. The lowest BCUT2D eigenvalue weighted by Crippen LogP contribution is -2.42. The van der Waals surface area contributed by atoms with Crippen LogP contribution in [0.5, 0.6) is 0 Å². The molecule has 0 aromatic carbocycles. The van der Waals surface area contributed by atoms with Crippen LogP contribution >= 0.6 is 0 Å². The van der Waals surface area contributed by atoms with Crippen LogP contribution in [0.25, 0.3) is 0 Å². The Labute approximate surface area is 180 Å². The predicted octanol–water partition coefficient (Wildman–Crippen LogP) is 1.65. The molecular weight excluding hydrogens is 396 g/mol. The van der Waals surface area contributed by atoms with Gasteiger partial charge in [-0.1, -0.05) is 0 Å². The van der Waals surface area contributed by atoms with Crippen LogP contribution < -0.4 is 5.56 Å². The number of amides is 2. The van der Waals surface area contributed by atoms with E-state index in [9.17, 15) is 14.4 Å². The van der Waals surface area contributed by atoms with Gasteiger partial charge in [-0.3, -0.25) is 19.1 Å². The van der Waals surface area contributed by atoms with E-state index in [4.69, 9.17) is 4.98 Å². The molecule has 5 rings (SSSR count). The molecule has 2 aromatic heterocycles. The van der Waals surface area contributed by atoms with Gasteiger partial charge in [-0.2, -0.15) is 5.10 Å². The largest absolute Gasteiger partial charge is 0.338 e. The van der Waals surface area contributed by atoms with E-state index in [1.54, 1.807) is 9.58 Å². The number of aromatic nitrogens is 4. The number of hydrogen-bond acceptors (Lipinski definition) is 5. The zero-order chi connectivity index (χ0) is 21.7. The molecule has 0 bridgehead atoms. The Bertz CT molecular complexity index is 1100. The maximum atomic E-state index is 13.5. The zero-order valence-electron chi connectivity index (χ0n) is 18.1. The summed E-state index contributed by atoms with van der Waals surface area (Å²) in [7, 11) is 1.82. The Kier molecular flexibility index (Phi) is 4.91. The Hall–Kier alpha value is -2.97. The molecule has 2 fully saturated rings. The second kappa shape index (κ2) is 7.62. The number of likely N-dealkylation sites (tertiary alicyclic amines) is 1. The fraction of sp³-hybridized carbons (Fsp3) is 0.591. The summed E-state index contributed by atoms with van der Waals surface area (Å²) in [6, 6.07) is 1.66. The molecule has 0 radical (unpaired) electrons. The lowest BCUT2D eigenvalue weighted by molar-refractivity contribution is -0.129. The maximum Gasteiger partial charge on any atom is 0.272 e. The monoisotopic (exact) mass is 424 g/mol. The van der Waals surface area contributed by atoms with Crippen LogP contribution in [0.4, 0.5) is 0 Å². The van der Waals surface area contributed by atoms with Crippen LogP contribution in [-0.2, 0) is 24.8 Å². The van der Waals surface area contributed by atoms with Gasteiger partial charge in [0.1, 0.15) is 11.5 Å². The Morgan fingerprint density at radius 2 is 1.97 bits per heavy atom. The highest BCUT2D eigenvalue weighted by atomic mass is 16.2. The van der Waals surface area contributed by atoms with Crippen LogP contribution in [0.2, 0.25) is 0 Å². The first kappa shape index (κ1) is 20.0. The van der Waals surface area contributed by atoms with E-state index in [0.29, 0.717) is 49.1 Å². The van der Waals surface area contributed by atoms with E-state index in [1.807, 2.05) is 18.0 Å². The van der Waals surface area contributed by atoms with Crippen LogP contribution in [0.15, 0.2) is 10.9 Å². The summed E-state index contributed by atoms with van der Waals surface area (Å²) >= 11 is 0. The number of carbonyl (C=O) groups excluding carboxylic acids is 2. The van der Waals surface area contributed by atoms with Gasteiger partial charge in [0.2, 0.25) is 5.91 Å². The van der Waals surface area contributed by atoms with Gasteiger partial charge in [0.25, 0.3) is 11.5 Å². The first-order chi connectivity index (χ1) is 14.9. The number of H-pyrrole nitrogens is 1. The van der Waals surface area contributed by atoms with Gasteiger partial charge in [-0.25, -0.2) is 4.98 Å². The maximum absolute atomic E-state index is 13.5. The third kappa shape index (κ3) is 3.66. The molecule has 0 unspecified atom stereocenters. The van der Waals surface area contributed by atoms with Gasteiger partial charge >= 0.3 is 0 Å². The number of piperidine rings is 1. The molecule has 9 heteroatoms. The minimum absolute atomic E-state index is 0.0417. The van der Waals surface area contributed by atoms with Crippen molar-refractivity contribution >= 4 is 11.8 Å². The van der Waals surface area contributed by atoms with Crippen molar-refractivity contribution in [2.75, 3.05) is 13.1 Å². The number of fused-ring (bicyclic) bond motifs is 1. The van der Waals surface area contributed by atoms with Crippen molar-refractivity contribution < 1.29 is 9.59 Å². The van der Waals surface area contributed by atoms with Gasteiger partial charge in [0.05, 0.1) is 29.5 Å². The molecule has 31 heavy (non-hydrogen) atoms. The lowest BCUT2D eigenvalue weighted by Gasteiger charge is -2.35. The number of aryl methyl sites for hydroxylation is 1. The smallest absolute Gasteiger partial charge is 0.272 e. The van der Waals surface area contributed by atoms with Crippen LogP contribution in [0, 0.1) is 0 Å². The minimum atomic E-state index is -0.260. The average molecular weight is 425 g/mol. The standard InChI is InChI=1S/C22H28N6O3/c1-13(29)27-10-8-16-15(12-27)21(30)24-20(23-16)18-5-3-4-9-28(18)22(31)19-11-17(14-6-7-14)25-26(19)2/h11,14,18H,3-10,12H2,1-2H3,(H,23,24,30)/t18-/m0/s1. The van der Waals surface area contributed by atoms with E-state index in [1.165, 1.54) is 6.92 Å². The van der Waals surface area contributed by atoms with E-state index >= 15 is 0 Å². The summed E-state index contributed by atoms with van der Waals surface area (Å²) in [5.74, 6) is 0.936. The molecule has 2 aliphatic heterocycles. The highest BCUT2D eigenvalue weighted by molar-refractivity contribution is 5.93. The van der Waals surface area contributed by atoms with Crippen molar-refractivity contribution in [3.8, 4) is 0 Å². The molecule has 1 atom stereocenters. The summed E-state index contributed by atoms with van der Waals surface area (Å²) in [4.78, 5) is 49.2. The summed E-state index contributed by atoms with van der Waals surface area (Å²) < 4.78 is 1.68. The molecule has 1 saturated heterocycles. The van der Waals surface area contributed by atoms with Crippen molar-refractivity contribution in [2.24, 2.45) is 7.05 Å². The van der Waals surface area contributed by atoms with E-state index in [0.717, 1.165) is 43.5 Å². The van der Waals surface area contributed by atoms with Crippen molar-refractivity contribution in [3.63, 3.8) is 0 Å². The van der Waals surface area contributed by atoms with E-state index in [-0.39, 0.29) is 23.4 Å². The van der Waals surface area contributed by atoms with Gasteiger partial charge in [0.15, 0.2) is 0 Å². The Balaban J connectivity index is 1.45.